The summed E-state index contributed by atoms with van der Waals surface area (Å²) in [5.41, 5.74) is 6.39. The van der Waals surface area contributed by atoms with Crippen LogP contribution in [0.4, 0.5) is 0 Å². The van der Waals surface area contributed by atoms with Crippen LogP contribution in [0.5, 0.6) is 0 Å². The lowest BCUT2D eigenvalue weighted by Crippen LogP contribution is -2.41. The number of hydrazine groups is 1. The maximum atomic E-state index is 11.9. The highest BCUT2D eigenvalue weighted by Gasteiger charge is 2.11. The van der Waals surface area contributed by atoms with Crippen LogP contribution in [0, 0.1) is 0 Å². The van der Waals surface area contributed by atoms with Gasteiger partial charge in [-0.25, -0.2) is 4.98 Å². The standard InChI is InChI=1S/C15H13Cl2N3O2/c1-2-9-3-5-10(6-4-9)14(21)19-20-15(22)11-7-12(16)13(17)18-8-11/h3-8H,2H2,1H3,(H,19,21)(H,20,22). The van der Waals surface area contributed by atoms with Gasteiger partial charge in [0.1, 0.15) is 5.15 Å². The molecule has 1 aromatic heterocycles. The van der Waals surface area contributed by atoms with Gasteiger partial charge >= 0.3 is 0 Å². The molecule has 0 aliphatic carbocycles. The van der Waals surface area contributed by atoms with E-state index in [1.807, 2.05) is 19.1 Å². The van der Waals surface area contributed by atoms with Crippen molar-refractivity contribution in [3.8, 4) is 0 Å². The summed E-state index contributed by atoms with van der Waals surface area (Å²) in [4.78, 5) is 27.6. The molecular formula is C15H13Cl2N3O2. The molecule has 114 valence electrons. The van der Waals surface area contributed by atoms with Gasteiger partial charge in [0.15, 0.2) is 0 Å². The molecule has 0 saturated heterocycles. The molecule has 2 rings (SSSR count). The third-order valence-electron chi connectivity index (χ3n) is 2.97. The van der Waals surface area contributed by atoms with Gasteiger partial charge < -0.3 is 0 Å². The number of aryl methyl sites for hydroxylation is 1. The van der Waals surface area contributed by atoms with Crippen molar-refractivity contribution in [1.29, 1.82) is 0 Å². The van der Waals surface area contributed by atoms with Gasteiger partial charge in [0.25, 0.3) is 11.8 Å². The van der Waals surface area contributed by atoms with Crippen LogP contribution in [0.25, 0.3) is 0 Å². The molecule has 1 aromatic carbocycles. The van der Waals surface area contributed by atoms with Crippen LogP contribution < -0.4 is 10.9 Å². The Morgan fingerprint density at radius 1 is 1.05 bits per heavy atom. The highest BCUT2D eigenvalue weighted by molar-refractivity contribution is 6.41. The van der Waals surface area contributed by atoms with E-state index in [0.29, 0.717) is 5.56 Å². The van der Waals surface area contributed by atoms with Gasteiger partial charge in [-0.15, -0.1) is 0 Å². The molecule has 2 N–H and O–H groups in total. The lowest BCUT2D eigenvalue weighted by atomic mass is 10.1. The first-order valence-corrected chi connectivity index (χ1v) is 7.27. The maximum Gasteiger partial charge on any atom is 0.271 e. The van der Waals surface area contributed by atoms with E-state index in [0.717, 1.165) is 12.0 Å². The monoisotopic (exact) mass is 337 g/mol. The second kappa shape index (κ2) is 7.24. The fourth-order valence-electron chi connectivity index (χ4n) is 1.70. The van der Waals surface area contributed by atoms with E-state index in [2.05, 4.69) is 15.8 Å². The quantitative estimate of drug-likeness (QED) is 0.668. The summed E-state index contributed by atoms with van der Waals surface area (Å²) < 4.78 is 0. The molecule has 0 unspecified atom stereocenters. The number of benzene rings is 1. The second-order valence-corrected chi connectivity index (χ2v) is 5.22. The van der Waals surface area contributed by atoms with Crippen molar-refractivity contribution in [2.45, 2.75) is 13.3 Å². The largest absolute Gasteiger partial charge is 0.271 e. The molecule has 0 saturated carbocycles. The first-order valence-electron chi connectivity index (χ1n) is 6.52. The van der Waals surface area contributed by atoms with E-state index in [9.17, 15) is 9.59 Å². The zero-order chi connectivity index (χ0) is 16.1. The number of aromatic nitrogens is 1. The Labute approximate surface area is 137 Å². The topological polar surface area (TPSA) is 71.1 Å². The molecule has 7 heteroatoms. The Kier molecular flexibility index (Phi) is 5.35. The van der Waals surface area contributed by atoms with Crippen LogP contribution in [-0.2, 0) is 6.42 Å². The average molecular weight is 338 g/mol. The molecule has 0 bridgehead atoms. The van der Waals surface area contributed by atoms with E-state index < -0.39 is 11.8 Å². The summed E-state index contributed by atoms with van der Waals surface area (Å²) in [7, 11) is 0. The fraction of sp³-hybridized carbons (Fsp3) is 0.133. The minimum absolute atomic E-state index is 0.110. The van der Waals surface area contributed by atoms with Crippen molar-refractivity contribution in [2.75, 3.05) is 0 Å². The normalized spacial score (nSPS) is 10.1. The second-order valence-electron chi connectivity index (χ2n) is 4.46. The Bertz CT molecular complexity index is 702. The molecule has 2 aromatic rings. The molecule has 0 fully saturated rings. The van der Waals surface area contributed by atoms with E-state index in [4.69, 9.17) is 23.2 Å². The summed E-state index contributed by atoms with van der Waals surface area (Å²) in [6.45, 7) is 2.03. The predicted octanol–water partition coefficient (Wildman–Crippen LogP) is 3.03. The predicted molar refractivity (Wildman–Crippen MR) is 85.0 cm³/mol. The first-order chi connectivity index (χ1) is 10.5. The number of halogens is 2. The van der Waals surface area contributed by atoms with Gasteiger partial charge in [0.05, 0.1) is 10.6 Å². The number of nitrogens with one attached hydrogen (secondary N) is 2. The minimum Gasteiger partial charge on any atom is -0.267 e. The third-order valence-corrected chi connectivity index (χ3v) is 3.66. The maximum absolute atomic E-state index is 11.9. The minimum atomic E-state index is -0.537. The lowest BCUT2D eigenvalue weighted by Gasteiger charge is -2.08. The zero-order valence-electron chi connectivity index (χ0n) is 11.7. The Balaban J connectivity index is 1.97. The Morgan fingerprint density at radius 2 is 1.64 bits per heavy atom. The van der Waals surface area contributed by atoms with E-state index in [1.54, 1.807) is 12.1 Å². The number of carbonyl (C=O) groups excluding carboxylic acids is 2. The van der Waals surface area contributed by atoms with Crippen LogP contribution in [0.3, 0.4) is 0 Å². The van der Waals surface area contributed by atoms with E-state index >= 15 is 0 Å². The Morgan fingerprint density at radius 3 is 2.18 bits per heavy atom. The lowest BCUT2D eigenvalue weighted by molar-refractivity contribution is 0.0846. The van der Waals surface area contributed by atoms with Crippen molar-refractivity contribution in [1.82, 2.24) is 15.8 Å². The zero-order valence-corrected chi connectivity index (χ0v) is 13.2. The number of nitrogens with zero attached hydrogens (tertiary/aromatic N) is 1. The van der Waals surface area contributed by atoms with Crippen molar-refractivity contribution in [3.63, 3.8) is 0 Å². The van der Waals surface area contributed by atoms with Crippen molar-refractivity contribution >= 4 is 35.0 Å². The average Bonchev–Trinajstić information content (AvgIpc) is 2.54. The number of amides is 2. The van der Waals surface area contributed by atoms with Gasteiger partial charge in [-0.3, -0.25) is 20.4 Å². The molecule has 22 heavy (non-hydrogen) atoms. The highest BCUT2D eigenvalue weighted by Crippen LogP contribution is 2.19. The van der Waals surface area contributed by atoms with E-state index in [-0.39, 0.29) is 15.7 Å². The number of rotatable bonds is 3. The van der Waals surface area contributed by atoms with Gasteiger partial charge in [-0.1, -0.05) is 42.3 Å². The van der Waals surface area contributed by atoms with Gasteiger partial charge in [-0.2, -0.15) is 0 Å². The van der Waals surface area contributed by atoms with Gasteiger partial charge in [0.2, 0.25) is 0 Å². The van der Waals surface area contributed by atoms with Gasteiger partial charge in [-0.05, 0) is 30.2 Å². The number of carbonyl (C=O) groups is 2. The molecular weight excluding hydrogens is 325 g/mol. The van der Waals surface area contributed by atoms with Crippen molar-refractivity contribution in [2.24, 2.45) is 0 Å². The summed E-state index contributed by atoms with van der Waals surface area (Å²) in [5, 5.41) is 0.272. The molecule has 0 atom stereocenters. The van der Waals surface area contributed by atoms with Crippen LogP contribution in [0.15, 0.2) is 36.5 Å². The summed E-state index contributed by atoms with van der Waals surface area (Å²) in [5.74, 6) is -0.950. The smallest absolute Gasteiger partial charge is 0.267 e. The van der Waals surface area contributed by atoms with Crippen LogP contribution in [0.2, 0.25) is 10.2 Å². The van der Waals surface area contributed by atoms with E-state index in [1.165, 1.54) is 12.3 Å². The fourth-order valence-corrected chi connectivity index (χ4v) is 1.96. The molecule has 1 heterocycles. The number of pyridine rings is 1. The van der Waals surface area contributed by atoms with Crippen molar-refractivity contribution in [3.05, 3.63) is 63.4 Å². The molecule has 0 spiro atoms. The highest BCUT2D eigenvalue weighted by atomic mass is 35.5. The van der Waals surface area contributed by atoms with Crippen molar-refractivity contribution < 1.29 is 9.59 Å². The Hall–Kier alpha value is -2.11. The first kappa shape index (κ1) is 16.3. The molecule has 0 radical (unpaired) electrons. The number of hydrogen-bond acceptors (Lipinski definition) is 3. The molecule has 0 aliphatic rings. The number of hydrogen-bond donors (Lipinski definition) is 2. The summed E-state index contributed by atoms with van der Waals surface area (Å²) in [6.07, 6.45) is 2.16. The van der Waals surface area contributed by atoms with Gasteiger partial charge in [0, 0.05) is 11.8 Å². The van der Waals surface area contributed by atoms with Crippen LogP contribution in [-0.4, -0.2) is 16.8 Å². The molecule has 0 aliphatic heterocycles. The van der Waals surface area contributed by atoms with Crippen LogP contribution in [0.1, 0.15) is 33.2 Å². The molecule has 2 amide bonds. The summed E-state index contributed by atoms with van der Waals surface area (Å²) in [6, 6.07) is 8.48. The SMILES string of the molecule is CCc1ccc(C(=O)NNC(=O)c2cnc(Cl)c(Cl)c2)cc1. The molecule has 5 nitrogen and oxygen atoms in total. The van der Waals surface area contributed by atoms with Crippen LogP contribution >= 0.6 is 23.2 Å². The summed E-state index contributed by atoms with van der Waals surface area (Å²) >= 11 is 11.5. The third kappa shape index (κ3) is 3.96.